The van der Waals surface area contributed by atoms with E-state index in [1.165, 1.54) is 30.3 Å². The van der Waals surface area contributed by atoms with Crippen LogP contribution in [0.5, 0.6) is 0 Å². The lowest BCUT2D eigenvalue weighted by Gasteiger charge is -2.11. The summed E-state index contributed by atoms with van der Waals surface area (Å²) in [5.41, 5.74) is 0.396. The van der Waals surface area contributed by atoms with Gasteiger partial charge in [0.25, 0.3) is 0 Å². The van der Waals surface area contributed by atoms with E-state index in [-0.39, 0.29) is 26.6 Å². The SMILES string of the molecule is CC(C)C(=O)Nc1ccc(S(=O)(=O)c2ccccc2)cc1Cl. The van der Waals surface area contributed by atoms with Crippen molar-refractivity contribution in [3.05, 3.63) is 53.6 Å². The van der Waals surface area contributed by atoms with Crippen LogP contribution in [0.3, 0.4) is 0 Å². The molecule has 0 aliphatic carbocycles. The van der Waals surface area contributed by atoms with Gasteiger partial charge in [0.1, 0.15) is 0 Å². The summed E-state index contributed by atoms with van der Waals surface area (Å²) in [6, 6.07) is 12.4. The molecule has 0 radical (unpaired) electrons. The number of benzene rings is 2. The molecular formula is C16H16ClNO3S. The number of rotatable bonds is 4. The molecule has 2 aromatic carbocycles. The Morgan fingerprint density at radius 2 is 1.68 bits per heavy atom. The van der Waals surface area contributed by atoms with Crippen LogP contribution in [0.25, 0.3) is 0 Å². The molecule has 4 nitrogen and oxygen atoms in total. The molecular weight excluding hydrogens is 322 g/mol. The third-order valence-corrected chi connectivity index (χ3v) is 5.17. The highest BCUT2D eigenvalue weighted by atomic mass is 35.5. The third-order valence-electron chi connectivity index (χ3n) is 3.09. The molecule has 0 saturated heterocycles. The molecule has 0 saturated carbocycles. The lowest BCUT2D eigenvalue weighted by Crippen LogP contribution is -2.18. The van der Waals surface area contributed by atoms with Crippen LogP contribution in [-0.4, -0.2) is 14.3 Å². The van der Waals surface area contributed by atoms with E-state index in [0.29, 0.717) is 5.69 Å². The normalized spacial score (nSPS) is 11.5. The molecule has 0 bridgehead atoms. The number of carbonyl (C=O) groups excluding carboxylic acids is 1. The van der Waals surface area contributed by atoms with Crippen LogP contribution < -0.4 is 5.32 Å². The van der Waals surface area contributed by atoms with Gasteiger partial charge in [0.15, 0.2) is 0 Å². The molecule has 0 aromatic heterocycles. The first-order chi connectivity index (χ1) is 10.3. The van der Waals surface area contributed by atoms with Gasteiger partial charge < -0.3 is 5.32 Å². The minimum Gasteiger partial charge on any atom is -0.325 e. The molecule has 22 heavy (non-hydrogen) atoms. The predicted octanol–water partition coefficient (Wildman–Crippen LogP) is 3.77. The average molecular weight is 338 g/mol. The second-order valence-electron chi connectivity index (χ2n) is 5.10. The van der Waals surface area contributed by atoms with Crippen molar-refractivity contribution in [2.24, 2.45) is 5.92 Å². The fourth-order valence-corrected chi connectivity index (χ4v) is 3.38. The molecule has 0 unspecified atom stereocenters. The monoisotopic (exact) mass is 337 g/mol. The molecule has 0 aliphatic heterocycles. The molecule has 0 aliphatic rings. The summed E-state index contributed by atoms with van der Waals surface area (Å²) in [6.07, 6.45) is 0. The fourth-order valence-electron chi connectivity index (χ4n) is 1.78. The molecule has 1 amide bonds. The highest BCUT2D eigenvalue weighted by Gasteiger charge is 2.19. The molecule has 0 atom stereocenters. The summed E-state index contributed by atoms with van der Waals surface area (Å²) in [7, 11) is -3.62. The maximum absolute atomic E-state index is 12.5. The van der Waals surface area contributed by atoms with Crippen molar-refractivity contribution in [3.63, 3.8) is 0 Å². The number of sulfone groups is 1. The topological polar surface area (TPSA) is 63.2 Å². The molecule has 0 fully saturated rings. The van der Waals surface area contributed by atoms with E-state index >= 15 is 0 Å². The largest absolute Gasteiger partial charge is 0.325 e. The first-order valence-electron chi connectivity index (χ1n) is 6.73. The number of amides is 1. The van der Waals surface area contributed by atoms with E-state index in [0.717, 1.165) is 0 Å². The molecule has 2 aromatic rings. The van der Waals surface area contributed by atoms with Crippen LogP contribution in [0, 0.1) is 5.92 Å². The molecule has 2 rings (SSSR count). The van der Waals surface area contributed by atoms with Gasteiger partial charge in [0.05, 0.1) is 20.5 Å². The number of hydrogen-bond acceptors (Lipinski definition) is 3. The van der Waals surface area contributed by atoms with Crippen molar-refractivity contribution >= 4 is 33.0 Å². The second-order valence-corrected chi connectivity index (χ2v) is 7.46. The van der Waals surface area contributed by atoms with Crippen molar-refractivity contribution in [1.29, 1.82) is 0 Å². The van der Waals surface area contributed by atoms with Crippen LogP contribution in [0.2, 0.25) is 5.02 Å². The first kappa shape index (κ1) is 16.5. The maximum atomic E-state index is 12.5. The van der Waals surface area contributed by atoms with Gasteiger partial charge in [-0.25, -0.2) is 8.42 Å². The molecule has 116 valence electrons. The van der Waals surface area contributed by atoms with Crippen LogP contribution in [-0.2, 0) is 14.6 Å². The van der Waals surface area contributed by atoms with E-state index in [1.807, 2.05) is 0 Å². The minimum atomic E-state index is -3.62. The van der Waals surface area contributed by atoms with E-state index in [9.17, 15) is 13.2 Å². The summed E-state index contributed by atoms with van der Waals surface area (Å²) >= 11 is 6.09. The first-order valence-corrected chi connectivity index (χ1v) is 8.59. The Morgan fingerprint density at radius 3 is 2.23 bits per heavy atom. The standard InChI is InChI=1S/C16H16ClNO3S/c1-11(2)16(19)18-15-9-8-13(10-14(15)17)22(20,21)12-6-4-3-5-7-12/h3-11H,1-2H3,(H,18,19). The van der Waals surface area contributed by atoms with Crippen molar-refractivity contribution in [2.75, 3.05) is 5.32 Å². The van der Waals surface area contributed by atoms with Crippen LogP contribution in [0.1, 0.15) is 13.8 Å². The Morgan fingerprint density at radius 1 is 1.05 bits per heavy atom. The van der Waals surface area contributed by atoms with E-state index in [2.05, 4.69) is 5.32 Å². The third kappa shape index (κ3) is 3.48. The highest BCUT2D eigenvalue weighted by molar-refractivity contribution is 7.91. The van der Waals surface area contributed by atoms with Gasteiger partial charge in [0.2, 0.25) is 15.7 Å². The Bertz CT molecular complexity index is 786. The van der Waals surface area contributed by atoms with Gasteiger partial charge in [-0.1, -0.05) is 43.6 Å². The lowest BCUT2D eigenvalue weighted by molar-refractivity contribution is -0.118. The Labute approximate surface area is 135 Å². The van der Waals surface area contributed by atoms with Crippen molar-refractivity contribution < 1.29 is 13.2 Å². The summed E-state index contributed by atoms with van der Waals surface area (Å²) in [5.74, 6) is -0.371. The summed E-state index contributed by atoms with van der Waals surface area (Å²) < 4.78 is 25.0. The van der Waals surface area contributed by atoms with E-state index in [1.54, 1.807) is 32.0 Å². The predicted molar refractivity (Wildman–Crippen MR) is 86.8 cm³/mol. The highest BCUT2D eigenvalue weighted by Crippen LogP contribution is 2.28. The number of halogens is 1. The Kier molecular flexibility index (Phi) is 4.88. The molecule has 1 N–H and O–H groups in total. The molecule has 6 heteroatoms. The van der Waals surface area contributed by atoms with Gasteiger partial charge in [-0.15, -0.1) is 0 Å². The quantitative estimate of drug-likeness (QED) is 0.923. The van der Waals surface area contributed by atoms with Crippen LogP contribution >= 0.6 is 11.6 Å². The second kappa shape index (κ2) is 6.50. The summed E-state index contributed by atoms with van der Waals surface area (Å²) in [4.78, 5) is 12.0. The zero-order valence-corrected chi connectivity index (χ0v) is 13.8. The molecule has 0 spiro atoms. The zero-order valence-electron chi connectivity index (χ0n) is 12.2. The van der Waals surface area contributed by atoms with Gasteiger partial charge in [-0.2, -0.15) is 0 Å². The van der Waals surface area contributed by atoms with Crippen LogP contribution in [0.15, 0.2) is 58.3 Å². The summed E-state index contributed by atoms with van der Waals surface area (Å²) in [6.45, 7) is 3.52. The van der Waals surface area contributed by atoms with E-state index < -0.39 is 9.84 Å². The van der Waals surface area contributed by atoms with Gasteiger partial charge in [0, 0.05) is 5.92 Å². The van der Waals surface area contributed by atoms with Gasteiger partial charge in [-0.3, -0.25) is 4.79 Å². The lowest BCUT2D eigenvalue weighted by atomic mass is 10.2. The van der Waals surface area contributed by atoms with Gasteiger partial charge in [-0.05, 0) is 30.3 Å². The smallest absolute Gasteiger partial charge is 0.226 e. The summed E-state index contributed by atoms with van der Waals surface area (Å²) in [5, 5.41) is 2.85. The van der Waals surface area contributed by atoms with E-state index in [4.69, 9.17) is 11.6 Å². The Hall–Kier alpha value is -1.85. The van der Waals surface area contributed by atoms with Crippen LogP contribution in [0.4, 0.5) is 5.69 Å². The number of carbonyl (C=O) groups is 1. The maximum Gasteiger partial charge on any atom is 0.226 e. The fraction of sp³-hybridized carbons (Fsp3) is 0.188. The minimum absolute atomic E-state index is 0.0891. The Balaban J connectivity index is 2.36. The molecule has 0 heterocycles. The number of anilines is 1. The van der Waals surface area contributed by atoms with Gasteiger partial charge >= 0.3 is 0 Å². The van der Waals surface area contributed by atoms with Crippen molar-refractivity contribution in [2.45, 2.75) is 23.6 Å². The zero-order chi connectivity index (χ0) is 16.3. The van der Waals surface area contributed by atoms with Crippen molar-refractivity contribution in [1.82, 2.24) is 0 Å². The van der Waals surface area contributed by atoms with Crippen molar-refractivity contribution in [3.8, 4) is 0 Å². The number of nitrogens with one attached hydrogen (secondary N) is 1. The number of hydrogen-bond donors (Lipinski definition) is 1. The average Bonchev–Trinajstić information content (AvgIpc) is 2.49.